The molecule has 2 aromatic carbocycles. The molecule has 132 valence electrons. The zero-order chi connectivity index (χ0) is 18.2. The van der Waals surface area contributed by atoms with Gasteiger partial charge >= 0.3 is 5.97 Å². The number of hydrogen-bond acceptors (Lipinski definition) is 5. The first-order chi connectivity index (χ1) is 12.0. The first kappa shape index (κ1) is 18.6. The van der Waals surface area contributed by atoms with Crippen molar-refractivity contribution in [1.29, 1.82) is 0 Å². The summed E-state index contributed by atoms with van der Waals surface area (Å²) in [6.45, 7) is 1.14. The second-order valence-electron chi connectivity index (χ2n) is 5.10. The van der Waals surface area contributed by atoms with Gasteiger partial charge in [0, 0.05) is 10.7 Å². The Morgan fingerprint density at radius 2 is 1.64 bits per heavy atom. The standard InChI is InChI=1S/C18H18ClNO5/c1-12(25-16-7-3-13(19)4-8-16)18(22)24-11-17(21)20-14-5-9-15(23-2)10-6-14/h3-10,12H,11H2,1-2H3,(H,20,21). The first-order valence-corrected chi connectivity index (χ1v) is 7.88. The normalized spacial score (nSPS) is 11.3. The van der Waals surface area contributed by atoms with E-state index in [1.807, 2.05) is 0 Å². The number of carbonyl (C=O) groups is 2. The molecule has 0 spiro atoms. The molecular weight excluding hydrogens is 346 g/mol. The zero-order valence-electron chi connectivity index (χ0n) is 13.8. The smallest absolute Gasteiger partial charge is 0.347 e. The lowest BCUT2D eigenvalue weighted by Crippen LogP contribution is -2.29. The Morgan fingerprint density at radius 3 is 2.24 bits per heavy atom. The van der Waals surface area contributed by atoms with Crippen LogP contribution in [0.2, 0.25) is 5.02 Å². The average molecular weight is 364 g/mol. The molecule has 0 saturated carbocycles. The second kappa shape index (κ2) is 8.94. The summed E-state index contributed by atoms with van der Waals surface area (Å²) in [4.78, 5) is 23.7. The Balaban J connectivity index is 1.77. The Bertz CT molecular complexity index is 715. The van der Waals surface area contributed by atoms with Gasteiger partial charge in [-0.25, -0.2) is 4.79 Å². The van der Waals surface area contributed by atoms with Crippen LogP contribution >= 0.6 is 11.6 Å². The van der Waals surface area contributed by atoms with Gasteiger partial charge in [-0.3, -0.25) is 4.79 Å². The second-order valence-corrected chi connectivity index (χ2v) is 5.53. The van der Waals surface area contributed by atoms with Crippen LogP contribution < -0.4 is 14.8 Å². The van der Waals surface area contributed by atoms with Gasteiger partial charge in [0.25, 0.3) is 5.91 Å². The summed E-state index contributed by atoms with van der Waals surface area (Å²) < 4.78 is 15.4. The SMILES string of the molecule is COc1ccc(NC(=O)COC(=O)C(C)Oc2ccc(Cl)cc2)cc1. The molecule has 0 aliphatic rings. The quantitative estimate of drug-likeness (QED) is 0.764. The van der Waals surface area contributed by atoms with E-state index in [1.54, 1.807) is 55.6 Å². The maximum atomic E-state index is 11.9. The highest BCUT2D eigenvalue weighted by atomic mass is 35.5. The summed E-state index contributed by atoms with van der Waals surface area (Å²) in [5.41, 5.74) is 0.576. The van der Waals surface area contributed by atoms with Gasteiger partial charge in [-0.2, -0.15) is 0 Å². The molecule has 0 aromatic heterocycles. The van der Waals surface area contributed by atoms with E-state index in [-0.39, 0.29) is 0 Å². The molecule has 1 atom stereocenters. The van der Waals surface area contributed by atoms with Crippen LogP contribution in [-0.4, -0.2) is 31.7 Å². The van der Waals surface area contributed by atoms with E-state index in [4.69, 9.17) is 25.8 Å². The van der Waals surface area contributed by atoms with Gasteiger partial charge in [-0.1, -0.05) is 11.6 Å². The number of anilines is 1. The van der Waals surface area contributed by atoms with Crippen molar-refractivity contribution in [3.63, 3.8) is 0 Å². The molecule has 0 heterocycles. The highest BCUT2D eigenvalue weighted by Crippen LogP contribution is 2.17. The fraction of sp³-hybridized carbons (Fsp3) is 0.222. The van der Waals surface area contributed by atoms with E-state index < -0.39 is 24.6 Å². The molecular formula is C18H18ClNO5. The number of methoxy groups -OCH3 is 1. The summed E-state index contributed by atoms with van der Waals surface area (Å²) in [6, 6.07) is 13.4. The number of amides is 1. The number of carbonyl (C=O) groups excluding carboxylic acids is 2. The molecule has 0 saturated heterocycles. The fourth-order valence-electron chi connectivity index (χ4n) is 1.89. The molecule has 2 rings (SSSR count). The summed E-state index contributed by atoms with van der Waals surface area (Å²) in [7, 11) is 1.56. The third-order valence-corrected chi connectivity index (χ3v) is 3.43. The number of ether oxygens (including phenoxy) is 3. The molecule has 0 aliphatic heterocycles. The van der Waals surface area contributed by atoms with Crippen molar-refractivity contribution in [1.82, 2.24) is 0 Å². The Hall–Kier alpha value is -2.73. The number of halogens is 1. The summed E-state index contributed by atoms with van der Waals surface area (Å²) in [6.07, 6.45) is -0.852. The molecule has 0 radical (unpaired) electrons. The Labute approximate surface area is 150 Å². The number of esters is 1. The maximum Gasteiger partial charge on any atom is 0.347 e. The van der Waals surface area contributed by atoms with E-state index in [0.717, 1.165) is 0 Å². The van der Waals surface area contributed by atoms with E-state index in [9.17, 15) is 9.59 Å². The lowest BCUT2D eigenvalue weighted by molar-refractivity contribution is -0.153. The molecule has 2 aromatic rings. The van der Waals surface area contributed by atoms with Crippen LogP contribution in [0.5, 0.6) is 11.5 Å². The van der Waals surface area contributed by atoms with Crippen LogP contribution in [0.25, 0.3) is 0 Å². The van der Waals surface area contributed by atoms with Crippen molar-refractivity contribution < 1.29 is 23.8 Å². The molecule has 1 N–H and O–H groups in total. The minimum Gasteiger partial charge on any atom is -0.497 e. The van der Waals surface area contributed by atoms with E-state index in [0.29, 0.717) is 22.2 Å². The predicted octanol–water partition coefficient (Wildman–Crippen LogP) is 3.30. The van der Waals surface area contributed by atoms with Crippen molar-refractivity contribution >= 4 is 29.2 Å². The van der Waals surface area contributed by atoms with Gasteiger partial charge < -0.3 is 19.5 Å². The fourth-order valence-corrected chi connectivity index (χ4v) is 2.02. The number of benzene rings is 2. The van der Waals surface area contributed by atoms with Crippen molar-refractivity contribution in [2.45, 2.75) is 13.0 Å². The molecule has 0 bridgehead atoms. The lowest BCUT2D eigenvalue weighted by atomic mass is 10.3. The lowest BCUT2D eigenvalue weighted by Gasteiger charge is -2.14. The third kappa shape index (κ3) is 6.00. The van der Waals surface area contributed by atoms with Crippen LogP contribution in [0.1, 0.15) is 6.92 Å². The van der Waals surface area contributed by atoms with Crippen LogP contribution in [-0.2, 0) is 14.3 Å². The zero-order valence-corrected chi connectivity index (χ0v) is 14.6. The van der Waals surface area contributed by atoms with Gasteiger partial charge in [-0.05, 0) is 55.5 Å². The van der Waals surface area contributed by atoms with E-state index in [2.05, 4.69) is 5.32 Å². The van der Waals surface area contributed by atoms with Gasteiger partial charge in [0.2, 0.25) is 0 Å². The summed E-state index contributed by atoms with van der Waals surface area (Å²) >= 11 is 5.78. The molecule has 7 heteroatoms. The molecule has 1 unspecified atom stereocenters. The minimum absolute atomic E-state index is 0.404. The molecule has 0 aliphatic carbocycles. The summed E-state index contributed by atoms with van der Waals surface area (Å²) in [5.74, 6) is 0.0752. The summed E-state index contributed by atoms with van der Waals surface area (Å²) in [5, 5.41) is 3.18. The van der Waals surface area contributed by atoms with Crippen LogP contribution in [0.4, 0.5) is 5.69 Å². The number of nitrogens with one attached hydrogen (secondary N) is 1. The van der Waals surface area contributed by atoms with E-state index >= 15 is 0 Å². The van der Waals surface area contributed by atoms with Gasteiger partial charge in [0.05, 0.1) is 7.11 Å². The van der Waals surface area contributed by atoms with Crippen molar-refractivity contribution in [3.8, 4) is 11.5 Å². The highest BCUT2D eigenvalue weighted by Gasteiger charge is 2.18. The largest absolute Gasteiger partial charge is 0.497 e. The monoisotopic (exact) mass is 363 g/mol. The maximum absolute atomic E-state index is 11.9. The Morgan fingerprint density at radius 1 is 1.04 bits per heavy atom. The molecule has 0 fully saturated rings. The highest BCUT2D eigenvalue weighted by molar-refractivity contribution is 6.30. The predicted molar refractivity (Wildman–Crippen MR) is 94.1 cm³/mol. The number of rotatable bonds is 7. The molecule has 1 amide bonds. The first-order valence-electron chi connectivity index (χ1n) is 7.50. The van der Waals surface area contributed by atoms with E-state index in [1.165, 1.54) is 6.92 Å². The van der Waals surface area contributed by atoms with Gasteiger partial charge in [-0.15, -0.1) is 0 Å². The Kier molecular flexibility index (Phi) is 6.65. The number of hydrogen-bond donors (Lipinski definition) is 1. The van der Waals surface area contributed by atoms with Crippen molar-refractivity contribution in [2.75, 3.05) is 19.0 Å². The van der Waals surface area contributed by atoms with Gasteiger partial charge in [0.15, 0.2) is 12.7 Å². The van der Waals surface area contributed by atoms with Crippen LogP contribution in [0.3, 0.4) is 0 Å². The van der Waals surface area contributed by atoms with Gasteiger partial charge in [0.1, 0.15) is 11.5 Å². The molecule has 25 heavy (non-hydrogen) atoms. The third-order valence-electron chi connectivity index (χ3n) is 3.18. The molecule has 6 nitrogen and oxygen atoms in total. The van der Waals surface area contributed by atoms with Crippen molar-refractivity contribution in [3.05, 3.63) is 53.6 Å². The average Bonchev–Trinajstić information content (AvgIpc) is 2.62. The minimum atomic E-state index is -0.852. The topological polar surface area (TPSA) is 73.9 Å². The van der Waals surface area contributed by atoms with Crippen LogP contribution in [0, 0.1) is 0 Å². The van der Waals surface area contributed by atoms with Crippen LogP contribution in [0.15, 0.2) is 48.5 Å². The van der Waals surface area contributed by atoms with Crippen molar-refractivity contribution in [2.24, 2.45) is 0 Å².